The van der Waals surface area contributed by atoms with Gasteiger partial charge in [-0.3, -0.25) is 0 Å². The number of halogens is 3. The van der Waals surface area contributed by atoms with Gasteiger partial charge in [0.1, 0.15) is 12.8 Å². The summed E-state index contributed by atoms with van der Waals surface area (Å²) in [6, 6.07) is 0. The van der Waals surface area contributed by atoms with Crippen molar-refractivity contribution < 1.29 is 17.9 Å². The van der Waals surface area contributed by atoms with Crippen LogP contribution in [0.2, 0.25) is 0 Å². The highest BCUT2D eigenvalue weighted by Gasteiger charge is 2.27. The van der Waals surface area contributed by atoms with Crippen LogP contribution in [0.3, 0.4) is 0 Å². The maximum atomic E-state index is 11.2. The van der Waals surface area contributed by atoms with Gasteiger partial charge in [0.2, 0.25) is 0 Å². The monoisotopic (exact) mass is 143 g/mol. The molecule has 5 heteroatoms. The molecule has 0 amide bonds. The smallest absolute Gasteiger partial charge is 0.354 e. The van der Waals surface area contributed by atoms with Crippen LogP contribution in [0.15, 0.2) is 0 Å². The lowest BCUT2D eigenvalue weighted by Gasteiger charge is -2.09. The van der Waals surface area contributed by atoms with Crippen molar-refractivity contribution in [2.75, 3.05) is 6.61 Å². The highest BCUT2D eigenvalue weighted by Crippen LogP contribution is 2.14. The first-order chi connectivity index (χ1) is 3.92. The molecule has 0 rings (SSSR count). The predicted molar refractivity (Wildman–Crippen MR) is 25.7 cm³/mol. The van der Waals surface area contributed by atoms with Gasteiger partial charge in [0.25, 0.3) is 0 Å². The zero-order chi connectivity index (χ0) is 7.49. The van der Waals surface area contributed by atoms with Crippen LogP contribution in [0, 0.1) is 0 Å². The maximum Gasteiger partial charge on any atom is 0.411 e. The lowest BCUT2D eigenvalue weighted by atomic mass is 10.6. The average Bonchev–Trinajstić information content (AvgIpc) is 1.59. The van der Waals surface area contributed by atoms with Crippen LogP contribution in [0.4, 0.5) is 13.2 Å². The van der Waals surface area contributed by atoms with Crippen molar-refractivity contribution in [2.45, 2.75) is 19.3 Å². The molecule has 0 radical (unpaired) electrons. The van der Waals surface area contributed by atoms with E-state index in [0.29, 0.717) is 0 Å². The summed E-state index contributed by atoms with van der Waals surface area (Å²) in [6.45, 7) is 0.0659. The molecule has 0 aromatic rings. The fourth-order valence-electron chi connectivity index (χ4n) is 0.226. The van der Waals surface area contributed by atoms with E-state index in [1.54, 1.807) is 0 Å². The minimum absolute atomic E-state index is 0.855. The fourth-order valence-corrected chi connectivity index (χ4v) is 0.226. The SMILES string of the molecule is CC(N)OCC(F)(F)F. The number of hydrogen-bond acceptors (Lipinski definition) is 2. The molecule has 2 nitrogen and oxygen atoms in total. The second kappa shape index (κ2) is 3.03. The molecule has 0 aliphatic rings. The first kappa shape index (κ1) is 8.71. The van der Waals surface area contributed by atoms with E-state index in [2.05, 4.69) is 4.74 Å². The normalized spacial score (nSPS) is 15.7. The molecule has 0 heterocycles. The first-order valence-electron chi connectivity index (χ1n) is 2.36. The van der Waals surface area contributed by atoms with Crippen LogP contribution in [-0.2, 0) is 4.74 Å². The molecule has 9 heavy (non-hydrogen) atoms. The Morgan fingerprint density at radius 1 is 1.56 bits per heavy atom. The van der Waals surface area contributed by atoms with Gasteiger partial charge in [0, 0.05) is 0 Å². The average molecular weight is 143 g/mol. The standard InChI is InChI=1S/C4H8F3NO/c1-3(8)9-2-4(5,6)7/h3H,2,8H2,1H3. The van der Waals surface area contributed by atoms with Crippen molar-refractivity contribution >= 4 is 0 Å². The summed E-state index contributed by atoms with van der Waals surface area (Å²) in [6.07, 6.45) is -5.13. The third-order valence-electron chi connectivity index (χ3n) is 0.510. The minimum Gasteiger partial charge on any atom is -0.354 e. The van der Waals surface area contributed by atoms with Crippen LogP contribution < -0.4 is 5.73 Å². The Morgan fingerprint density at radius 3 is 2.11 bits per heavy atom. The van der Waals surface area contributed by atoms with E-state index in [0.717, 1.165) is 0 Å². The molecule has 0 aliphatic heterocycles. The summed E-state index contributed by atoms with van der Waals surface area (Å²) in [7, 11) is 0. The Balaban J connectivity index is 3.28. The number of nitrogens with two attached hydrogens (primary N) is 1. The van der Waals surface area contributed by atoms with E-state index in [-0.39, 0.29) is 0 Å². The third-order valence-corrected chi connectivity index (χ3v) is 0.510. The largest absolute Gasteiger partial charge is 0.411 e. The summed E-state index contributed by atoms with van der Waals surface area (Å²) >= 11 is 0. The van der Waals surface area contributed by atoms with E-state index >= 15 is 0 Å². The molecule has 1 atom stereocenters. The van der Waals surface area contributed by atoms with Crippen LogP contribution in [0.1, 0.15) is 6.92 Å². The van der Waals surface area contributed by atoms with Crippen LogP contribution in [0.25, 0.3) is 0 Å². The third kappa shape index (κ3) is 7.71. The zero-order valence-corrected chi connectivity index (χ0v) is 4.90. The molecule has 0 saturated heterocycles. The van der Waals surface area contributed by atoms with E-state index in [9.17, 15) is 13.2 Å². The van der Waals surface area contributed by atoms with Crippen LogP contribution in [0.5, 0.6) is 0 Å². The summed E-state index contributed by atoms with van der Waals surface area (Å²) in [5.41, 5.74) is 4.88. The van der Waals surface area contributed by atoms with Gasteiger partial charge in [0.05, 0.1) is 0 Å². The topological polar surface area (TPSA) is 35.2 Å². The fraction of sp³-hybridized carbons (Fsp3) is 1.00. The molecule has 0 fully saturated rings. The van der Waals surface area contributed by atoms with Crippen LogP contribution >= 0.6 is 0 Å². The molecular weight excluding hydrogens is 135 g/mol. The van der Waals surface area contributed by atoms with Gasteiger partial charge in [-0.15, -0.1) is 0 Å². The van der Waals surface area contributed by atoms with Crippen molar-refractivity contribution in [3.63, 3.8) is 0 Å². The Labute approximate surface area is 50.8 Å². The summed E-state index contributed by atoms with van der Waals surface area (Å²) < 4.78 is 37.8. The summed E-state index contributed by atoms with van der Waals surface area (Å²) in [4.78, 5) is 0. The summed E-state index contributed by atoms with van der Waals surface area (Å²) in [5, 5.41) is 0. The van der Waals surface area contributed by atoms with E-state index in [4.69, 9.17) is 5.73 Å². The second-order valence-corrected chi connectivity index (χ2v) is 1.63. The molecule has 0 bridgehead atoms. The van der Waals surface area contributed by atoms with E-state index < -0.39 is 19.0 Å². The van der Waals surface area contributed by atoms with Gasteiger partial charge in [-0.25, -0.2) is 0 Å². The van der Waals surface area contributed by atoms with Gasteiger partial charge in [-0.2, -0.15) is 13.2 Å². The number of rotatable bonds is 2. The van der Waals surface area contributed by atoms with Crippen molar-refractivity contribution in [3.8, 4) is 0 Å². The van der Waals surface area contributed by atoms with Gasteiger partial charge in [0.15, 0.2) is 0 Å². The van der Waals surface area contributed by atoms with Crippen molar-refractivity contribution in [1.82, 2.24) is 0 Å². The van der Waals surface area contributed by atoms with Gasteiger partial charge < -0.3 is 10.5 Å². The van der Waals surface area contributed by atoms with Gasteiger partial charge in [-0.05, 0) is 6.92 Å². The lowest BCUT2D eigenvalue weighted by molar-refractivity contribution is -0.183. The molecule has 2 N–H and O–H groups in total. The Kier molecular flexibility index (Phi) is 2.93. The molecule has 0 spiro atoms. The van der Waals surface area contributed by atoms with E-state index in [1.165, 1.54) is 6.92 Å². The number of alkyl halides is 3. The van der Waals surface area contributed by atoms with E-state index in [1.807, 2.05) is 0 Å². The minimum atomic E-state index is -4.27. The number of hydrogen-bond donors (Lipinski definition) is 1. The Morgan fingerprint density at radius 2 is 2.00 bits per heavy atom. The quantitative estimate of drug-likeness (QED) is 0.582. The molecule has 0 aromatic heterocycles. The Hall–Kier alpha value is -0.290. The van der Waals surface area contributed by atoms with Crippen molar-refractivity contribution in [3.05, 3.63) is 0 Å². The highest BCUT2D eigenvalue weighted by molar-refractivity contribution is 4.46. The molecular formula is C4H8F3NO. The highest BCUT2D eigenvalue weighted by atomic mass is 19.4. The van der Waals surface area contributed by atoms with Gasteiger partial charge in [-0.1, -0.05) is 0 Å². The van der Waals surface area contributed by atoms with Crippen molar-refractivity contribution in [1.29, 1.82) is 0 Å². The predicted octanol–water partition coefficient (Wildman–Crippen LogP) is 0.870. The Bertz CT molecular complexity index is 80.4. The molecule has 0 aliphatic carbocycles. The molecule has 56 valence electrons. The van der Waals surface area contributed by atoms with Gasteiger partial charge >= 0.3 is 6.18 Å². The molecule has 0 saturated carbocycles. The number of ether oxygens (including phenoxy) is 1. The summed E-state index contributed by atoms with van der Waals surface area (Å²) in [5.74, 6) is 0. The molecule has 1 unspecified atom stereocenters. The van der Waals surface area contributed by atoms with Crippen LogP contribution in [-0.4, -0.2) is 19.0 Å². The zero-order valence-electron chi connectivity index (χ0n) is 4.90. The molecule has 0 aromatic carbocycles. The maximum absolute atomic E-state index is 11.2. The second-order valence-electron chi connectivity index (χ2n) is 1.63. The van der Waals surface area contributed by atoms with Crippen molar-refractivity contribution in [2.24, 2.45) is 5.73 Å². The first-order valence-corrected chi connectivity index (χ1v) is 2.36. The lowest BCUT2D eigenvalue weighted by Crippen LogP contribution is -2.26.